The summed E-state index contributed by atoms with van der Waals surface area (Å²) < 4.78 is 26.7. The van der Waals surface area contributed by atoms with Gasteiger partial charge in [-0.1, -0.05) is 26.0 Å². The molecule has 0 saturated carbocycles. The lowest BCUT2D eigenvalue weighted by Gasteiger charge is -2.18. The van der Waals surface area contributed by atoms with Crippen LogP contribution < -0.4 is 4.72 Å². The SMILES string of the molecule is Cc1cccc([N+](=O)[O-])c1S(=O)(=O)NC(C(=O)O)C(C)C. The smallest absolute Gasteiger partial charge is 0.322 e. The molecule has 21 heavy (non-hydrogen) atoms. The largest absolute Gasteiger partial charge is 0.480 e. The molecule has 0 heterocycles. The molecule has 1 rings (SSSR count). The normalized spacial score (nSPS) is 13.1. The van der Waals surface area contributed by atoms with Crippen LogP contribution in [0.3, 0.4) is 0 Å². The maximum Gasteiger partial charge on any atom is 0.322 e. The van der Waals surface area contributed by atoms with Crippen LogP contribution in [0.25, 0.3) is 0 Å². The van der Waals surface area contributed by atoms with Crippen molar-refractivity contribution in [2.24, 2.45) is 5.92 Å². The van der Waals surface area contributed by atoms with Gasteiger partial charge in [0.05, 0.1) is 4.92 Å². The minimum absolute atomic E-state index is 0.171. The molecular weight excluding hydrogens is 300 g/mol. The van der Waals surface area contributed by atoms with Crippen LogP contribution in [0, 0.1) is 23.0 Å². The number of nitro benzene ring substituents is 1. The quantitative estimate of drug-likeness (QED) is 0.601. The zero-order chi connectivity index (χ0) is 16.4. The molecule has 0 amide bonds. The molecule has 1 aromatic rings. The Hall–Kier alpha value is -2.00. The third-order valence-corrected chi connectivity index (χ3v) is 4.50. The third-order valence-electron chi connectivity index (χ3n) is 2.87. The number of carboxylic acid groups (broad SMARTS) is 1. The van der Waals surface area contributed by atoms with E-state index in [-0.39, 0.29) is 5.56 Å². The van der Waals surface area contributed by atoms with Gasteiger partial charge >= 0.3 is 5.97 Å². The summed E-state index contributed by atoms with van der Waals surface area (Å²) in [6.07, 6.45) is 0. The molecule has 0 aromatic heterocycles. The van der Waals surface area contributed by atoms with Crippen LogP contribution in [0.1, 0.15) is 19.4 Å². The van der Waals surface area contributed by atoms with Crippen molar-refractivity contribution in [3.05, 3.63) is 33.9 Å². The van der Waals surface area contributed by atoms with Crippen molar-refractivity contribution in [1.82, 2.24) is 4.72 Å². The van der Waals surface area contributed by atoms with Gasteiger partial charge in [0, 0.05) is 6.07 Å². The number of benzene rings is 1. The second kappa shape index (κ2) is 6.19. The van der Waals surface area contributed by atoms with Gasteiger partial charge < -0.3 is 5.11 Å². The van der Waals surface area contributed by atoms with Crippen molar-refractivity contribution in [3.8, 4) is 0 Å². The molecule has 116 valence electrons. The van der Waals surface area contributed by atoms with Gasteiger partial charge in [-0.25, -0.2) is 8.42 Å². The van der Waals surface area contributed by atoms with E-state index in [0.717, 1.165) is 6.07 Å². The van der Waals surface area contributed by atoms with Gasteiger partial charge in [-0.15, -0.1) is 0 Å². The summed E-state index contributed by atoms with van der Waals surface area (Å²) in [6.45, 7) is 4.48. The van der Waals surface area contributed by atoms with E-state index in [1.165, 1.54) is 32.9 Å². The molecule has 0 aliphatic rings. The molecule has 0 saturated heterocycles. The van der Waals surface area contributed by atoms with Crippen molar-refractivity contribution in [2.45, 2.75) is 31.7 Å². The van der Waals surface area contributed by atoms with Gasteiger partial charge in [-0.05, 0) is 18.4 Å². The fraction of sp³-hybridized carbons (Fsp3) is 0.417. The maximum atomic E-state index is 12.3. The molecule has 9 heteroatoms. The van der Waals surface area contributed by atoms with Crippen molar-refractivity contribution in [2.75, 3.05) is 0 Å². The van der Waals surface area contributed by atoms with E-state index < -0.39 is 43.5 Å². The van der Waals surface area contributed by atoms with E-state index in [4.69, 9.17) is 5.11 Å². The number of rotatable bonds is 6. The molecule has 0 aliphatic carbocycles. The van der Waals surface area contributed by atoms with Gasteiger partial charge in [0.1, 0.15) is 6.04 Å². The first-order valence-electron chi connectivity index (χ1n) is 6.07. The highest BCUT2D eigenvalue weighted by Gasteiger charge is 2.33. The van der Waals surface area contributed by atoms with E-state index in [9.17, 15) is 23.3 Å². The lowest BCUT2D eigenvalue weighted by molar-refractivity contribution is -0.387. The van der Waals surface area contributed by atoms with E-state index >= 15 is 0 Å². The summed E-state index contributed by atoms with van der Waals surface area (Å²) in [7, 11) is -4.33. The number of hydrogen-bond acceptors (Lipinski definition) is 5. The Bertz CT molecular complexity index is 668. The first-order chi connectivity index (χ1) is 9.58. The number of nitro groups is 1. The first-order valence-corrected chi connectivity index (χ1v) is 7.55. The maximum absolute atomic E-state index is 12.3. The Morgan fingerprint density at radius 2 is 1.95 bits per heavy atom. The van der Waals surface area contributed by atoms with Crippen LogP contribution in [0.4, 0.5) is 5.69 Å². The van der Waals surface area contributed by atoms with Crippen LogP contribution in [0.2, 0.25) is 0 Å². The number of nitrogens with one attached hydrogen (secondary N) is 1. The number of aryl methyl sites for hydroxylation is 1. The van der Waals surface area contributed by atoms with Crippen molar-refractivity contribution in [1.29, 1.82) is 0 Å². The molecule has 2 N–H and O–H groups in total. The summed E-state index contributed by atoms with van der Waals surface area (Å²) in [5.74, 6) is -1.86. The fourth-order valence-corrected chi connectivity index (χ4v) is 3.56. The standard InChI is InChI=1S/C12H16N2O6S/c1-7(2)10(12(15)16)13-21(19,20)11-8(3)5-4-6-9(11)14(17)18/h4-7,10,13H,1-3H3,(H,15,16). The number of carbonyl (C=O) groups is 1. The van der Waals surface area contributed by atoms with Gasteiger partial charge in [0.2, 0.25) is 10.0 Å². The lowest BCUT2D eigenvalue weighted by atomic mass is 10.1. The Morgan fingerprint density at radius 3 is 2.38 bits per heavy atom. The average Bonchev–Trinajstić information content (AvgIpc) is 2.34. The first kappa shape index (κ1) is 17.1. The van der Waals surface area contributed by atoms with Crippen LogP contribution in [-0.4, -0.2) is 30.5 Å². The molecule has 0 bridgehead atoms. The van der Waals surface area contributed by atoms with Crippen LogP contribution in [0.5, 0.6) is 0 Å². The molecule has 0 aliphatic heterocycles. The molecule has 1 unspecified atom stereocenters. The molecule has 1 atom stereocenters. The Morgan fingerprint density at radius 1 is 1.38 bits per heavy atom. The summed E-state index contributed by atoms with van der Waals surface area (Å²) in [4.78, 5) is 20.7. The zero-order valence-electron chi connectivity index (χ0n) is 11.7. The van der Waals surface area contributed by atoms with E-state index in [0.29, 0.717) is 0 Å². The van der Waals surface area contributed by atoms with Crippen LogP contribution >= 0.6 is 0 Å². The molecule has 8 nitrogen and oxygen atoms in total. The Labute approximate surface area is 122 Å². The fourth-order valence-electron chi connectivity index (χ4n) is 1.83. The molecule has 1 aromatic carbocycles. The number of hydrogen-bond donors (Lipinski definition) is 2. The molecule has 0 fully saturated rings. The third kappa shape index (κ3) is 3.76. The van der Waals surface area contributed by atoms with Crippen LogP contribution in [0.15, 0.2) is 23.1 Å². The van der Waals surface area contributed by atoms with Gasteiger partial charge in [0.25, 0.3) is 5.69 Å². The number of sulfonamides is 1. The average molecular weight is 316 g/mol. The molecule has 0 radical (unpaired) electrons. The van der Waals surface area contributed by atoms with Gasteiger partial charge in [0.15, 0.2) is 4.90 Å². The summed E-state index contributed by atoms with van der Waals surface area (Å²) in [5.41, 5.74) is -0.417. The predicted molar refractivity (Wildman–Crippen MR) is 74.4 cm³/mol. The summed E-state index contributed by atoms with van der Waals surface area (Å²) in [6, 6.07) is 2.47. The number of carboxylic acids is 1. The van der Waals surface area contributed by atoms with Crippen molar-refractivity contribution in [3.63, 3.8) is 0 Å². The minimum Gasteiger partial charge on any atom is -0.480 e. The topological polar surface area (TPSA) is 127 Å². The van der Waals surface area contributed by atoms with Crippen molar-refractivity contribution >= 4 is 21.7 Å². The number of aliphatic carboxylic acids is 1. The summed E-state index contributed by atoms with van der Waals surface area (Å²) in [5, 5.41) is 20.0. The highest BCUT2D eigenvalue weighted by atomic mass is 32.2. The monoisotopic (exact) mass is 316 g/mol. The van der Waals surface area contributed by atoms with E-state index in [2.05, 4.69) is 0 Å². The van der Waals surface area contributed by atoms with E-state index in [1.54, 1.807) is 0 Å². The van der Waals surface area contributed by atoms with Gasteiger partial charge in [-0.3, -0.25) is 14.9 Å². The second-order valence-corrected chi connectivity index (χ2v) is 6.51. The van der Waals surface area contributed by atoms with Crippen LogP contribution in [-0.2, 0) is 14.8 Å². The summed E-state index contributed by atoms with van der Waals surface area (Å²) >= 11 is 0. The Balaban J connectivity index is 3.38. The molecular formula is C12H16N2O6S. The zero-order valence-corrected chi connectivity index (χ0v) is 12.5. The minimum atomic E-state index is -4.33. The second-order valence-electron chi connectivity index (χ2n) is 4.86. The van der Waals surface area contributed by atoms with Crippen molar-refractivity contribution < 1.29 is 23.2 Å². The molecule has 0 spiro atoms. The Kier molecular flexibility index (Phi) is 5.02. The number of nitrogens with zero attached hydrogens (tertiary/aromatic N) is 1. The highest BCUT2D eigenvalue weighted by Crippen LogP contribution is 2.27. The lowest BCUT2D eigenvalue weighted by Crippen LogP contribution is -2.44. The van der Waals surface area contributed by atoms with Gasteiger partial charge in [-0.2, -0.15) is 4.72 Å². The highest BCUT2D eigenvalue weighted by molar-refractivity contribution is 7.89. The predicted octanol–water partition coefficient (Wildman–Crippen LogP) is 1.29. The van der Waals surface area contributed by atoms with E-state index in [1.807, 2.05) is 4.72 Å².